The fraction of sp³-hybridized carbons (Fsp3) is 0.200. The predicted octanol–water partition coefficient (Wildman–Crippen LogP) is 1.19. The van der Waals surface area contributed by atoms with Crippen LogP contribution >= 0.6 is 0 Å². The van der Waals surface area contributed by atoms with Crippen molar-refractivity contribution in [1.29, 1.82) is 0 Å². The Kier molecular flexibility index (Phi) is 2.82. The molecule has 2 aromatic heterocycles. The van der Waals surface area contributed by atoms with Crippen LogP contribution in [0.3, 0.4) is 0 Å². The quantitative estimate of drug-likeness (QED) is 0.808. The Balaban J connectivity index is 1.96. The topological polar surface area (TPSA) is 63.6 Å². The van der Waals surface area contributed by atoms with Gasteiger partial charge in [0.2, 0.25) is 0 Å². The van der Waals surface area contributed by atoms with Crippen molar-refractivity contribution >= 4 is 5.82 Å². The third-order valence-electron chi connectivity index (χ3n) is 1.85. The van der Waals surface area contributed by atoms with E-state index in [-0.39, 0.29) is 0 Å². The SMILES string of the molecule is Cc1cnc(CNc2cnccn2)cn1. The highest BCUT2D eigenvalue weighted by molar-refractivity contribution is 5.30. The van der Waals surface area contributed by atoms with Crippen molar-refractivity contribution < 1.29 is 0 Å². The third kappa shape index (κ3) is 2.70. The van der Waals surface area contributed by atoms with E-state index in [4.69, 9.17) is 0 Å². The Bertz CT molecular complexity index is 412. The van der Waals surface area contributed by atoms with Gasteiger partial charge < -0.3 is 5.32 Å². The van der Waals surface area contributed by atoms with Gasteiger partial charge in [-0.2, -0.15) is 0 Å². The number of anilines is 1. The van der Waals surface area contributed by atoms with E-state index in [1.54, 1.807) is 31.0 Å². The van der Waals surface area contributed by atoms with E-state index in [0.717, 1.165) is 17.2 Å². The maximum atomic E-state index is 4.22. The van der Waals surface area contributed by atoms with Crippen LogP contribution in [0.5, 0.6) is 0 Å². The van der Waals surface area contributed by atoms with Gasteiger partial charge in [-0.1, -0.05) is 0 Å². The molecule has 0 aliphatic rings. The molecule has 5 heteroatoms. The fourth-order valence-electron chi connectivity index (χ4n) is 1.08. The van der Waals surface area contributed by atoms with Crippen molar-refractivity contribution in [3.63, 3.8) is 0 Å². The van der Waals surface area contributed by atoms with Gasteiger partial charge in [-0.3, -0.25) is 15.0 Å². The molecule has 2 heterocycles. The van der Waals surface area contributed by atoms with Crippen molar-refractivity contribution in [2.24, 2.45) is 0 Å². The molecule has 2 aromatic rings. The number of aryl methyl sites for hydroxylation is 1. The lowest BCUT2D eigenvalue weighted by atomic mass is 10.4. The molecule has 0 aliphatic heterocycles. The van der Waals surface area contributed by atoms with Crippen molar-refractivity contribution in [2.45, 2.75) is 13.5 Å². The summed E-state index contributed by atoms with van der Waals surface area (Å²) in [5, 5.41) is 3.10. The minimum Gasteiger partial charge on any atom is -0.363 e. The molecule has 0 amide bonds. The van der Waals surface area contributed by atoms with Gasteiger partial charge in [-0.25, -0.2) is 4.98 Å². The van der Waals surface area contributed by atoms with Crippen LogP contribution in [0.1, 0.15) is 11.4 Å². The number of nitrogens with zero attached hydrogens (tertiary/aromatic N) is 4. The normalized spacial score (nSPS) is 9.93. The van der Waals surface area contributed by atoms with Gasteiger partial charge in [0.1, 0.15) is 5.82 Å². The molecule has 0 saturated heterocycles. The highest BCUT2D eigenvalue weighted by Crippen LogP contribution is 2.00. The summed E-state index contributed by atoms with van der Waals surface area (Å²) in [4.78, 5) is 16.4. The highest BCUT2D eigenvalue weighted by atomic mass is 15.0. The molecular formula is C10H11N5. The van der Waals surface area contributed by atoms with Crippen molar-refractivity contribution in [1.82, 2.24) is 19.9 Å². The summed E-state index contributed by atoms with van der Waals surface area (Å²) in [6.45, 7) is 2.51. The summed E-state index contributed by atoms with van der Waals surface area (Å²) in [5.74, 6) is 0.736. The Hall–Kier alpha value is -2.04. The second kappa shape index (κ2) is 4.45. The average molecular weight is 201 g/mol. The summed E-state index contributed by atoms with van der Waals surface area (Å²) in [6.07, 6.45) is 8.44. The van der Waals surface area contributed by atoms with E-state index in [1.165, 1.54) is 0 Å². The fourth-order valence-corrected chi connectivity index (χ4v) is 1.08. The molecule has 0 radical (unpaired) electrons. The maximum absolute atomic E-state index is 4.22. The molecule has 0 bridgehead atoms. The van der Waals surface area contributed by atoms with Gasteiger partial charge in [-0.05, 0) is 6.92 Å². The van der Waals surface area contributed by atoms with Crippen LogP contribution in [-0.2, 0) is 6.54 Å². The first-order chi connectivity index (χ1) is 7.34. The zero-order valence-corrected chi connectivity index (χ0v) is 8.38. The molecule has 15 heavy (non-hydrogen) atoms. The lowest BCUT2D eigenvalue weighted by Crippen LogP contribution is -2.03. The Morgan fingerprint density at radius 2 is 2.00 bits per heavy atom. The van der Waals surface area contributed by atoms with Crippen LogP contribution < -0.4 is 5.32 Å². The Morgan fingerprint density at radius 1 is 1.07 bits per heavy atom. The van der Waals surface area contributed by atoms with Crippen LogP contribution in [0, 0.1) is 6.92 Å². The van der Waals surface area contributed by atoms with Gasteiger partial charge in [0.15, 0.2) is 0 Å². The van der Waals surface area contributed by atoms with Crippen LogP contribution in [0.4, 0.5) is 5.82 Å². The predicted molar refractivity (Wildman–Crippen MR) is 56.1 cm³/mol. The molecule has 0 fully saturated rings. The largest absolute Gasteiger partial charge is 0.363 e. The first-order valence-corrected chi connectivity index (χ1v) is 4.62. The first-order valence-electron chi connectivity index (χ1n) is 4.62. The van der Waals surface area contributed by atoms with E-state index in [9.17, 15) is 0 Å². The summed E-state index contributed by atoms with van der Waals surface area (Å²) >= 11 is 0. The van der Waals surface area contributed by atoms with Gasteiger partial charge in [0, 0.05) is 18.6 Å². The monoisotopic (exact) mass is 201 g/mol. The summed E-state index contributed by atoms with van der Waals surface area (Å²) in [5.41, 5.74) is 1.80. The molecule has 2 rings (SSSR count). The molecule has 0 atom stereocenters. The lowest BCUT2D eigenvalue weighted by molar-refractivity contribution is 0.973. The molecule has 0 saturated carbocycles. The number of hydrogen-bond donors (Lipinski definition) is 1. The van der Waals surface area contributed by atoms with Crippen molar-refractivity contribution in [3.8, 4) is 0 Å². The standard InChI is InChI=1S/C10H11N5/c1-8-4-14-9(5-13-8)6-15-10-7-11-2-3-12-10/h2-5,7H,6H2,1H3,(H,12,15). The number of hydrogen-bond acceptors (Lipinski definition) is 5. The zero-order valence-electron chi connectivity index (χ0n) is 8.38. The third-order valence-corrected chi connectivity index (χ3v) is 1.85. The van der Waals surface area contributed by atoms with E-state index in [1.807, 2.05) is 6.92 Å². The average Bonchev–Trinajstić information content (AvgIpc) is 2.30. The smallest absolute Gasteiger partial charge is 0.144 e. The lowest BCUT2D eigenvalue weighted by Gasteiger charge is -2.03. The second-order valence-electron chi connectivity index (χ2n) is 3.09. The van der Waals surface area contributed by atoms with Crippen LogP contribution in [0.15, 0.2) is 31.0 Å². The number of aromatic nitrogens is 4. The number of nitrogens with one attached hydrogen (secondary N) is 1. The highest BCUT2D eigenvalue weighted by Gasteiger charge is 1.96. The van der Waals surface area contributed by atoms with E-state index in [0.29, 0.717) is 6.54 Å². The Labute approximate surface area is 87.6 Å². The summed E-state index contributed by atoms with van der Waals surface area (Å²) in [7, 11) is 0. The van der Waals surface area contributed by atoms with Gasteiger partial charge in [0.05, 0.1) is 30.3 Å². The molecule has 0 unspecified atom stereocenters. The summed E-state index contributed by atoms with van der Waals surface area (Å²) < 4.78 is 0. The van der Waals surface area contributed by atoms with Crippen molar-refractivity contribution in [3.05, 3.63) is 42.4 Å². The minimum absolute atomic E-state index is 0.603. The molecule has 0 aromatic carbocycles. The van der Waals surface area contributed by atoms with Gasteiger partial charge in [-0.15, -0.1) is 0 Å². The maximum Gasteiger partial charge on any atom is 0.144 e. The van der Waals surface area contributed by atoms with Crippen LogP contribution in [-0.4, -0.2) is 19.9 Å². The van der Waals surface area contributed by atoms with Crippen LogP contribution in [0.25, 0.3) is 0 Å². The van der Waals surface area contributed by atoms with Gasteiger partial charge >= 0.3 is 0 Å². The second-order valence-corrected chi connectivity index (χ2v) is 3.09. The molecule has 76 valence electrons. The van der Waals surface area contributed by atoms with E-state index in [2.05, 4.69) is 25.3 Å². The van der Waals surface area contributed by atoms with E-state index < -0.39 is 0 Å². The summed E-state index contributed by atoms with van der Waals surface area (Å²) in [6, 6.07) is 0. The first kappa shape index (κ1) is 9.51. The molecule has 0 spiro atoms. The van der Waals surface area contributed by atoms with Crippen molar-refractivity contribution in [2.75, 3.05) is 5.32 Å². The molecule has 0 aliphatic carbocycles. The Morgan fingerprint density at radius 3 is 2.67 bits per heavy atom. The zero-order chi connectivity index (χ0) is 10.5. The van der Waals surface area contributed by atoms with Crippen LogP contribution in [0.2, 0.25) is 0 Å². The molecule has 1 N–H and O–H groups in total. The van der Waals surface area contributed by atoms with E-state index >= 15 is 0 Å². The van der Waals surface area contributed by atoms with Gasteiger partial charge in [0.25, 0.3) is 0 Å². The number of rotatable bonds is 3. The molecular weight excluding hydrogens is 190 g/mol. The minimum atomic E-state index is 0.603. The molecule has 5 nitrogen and oxygen atoms in total.